The second-order valence-corrected chi connectivity index (χ2v) is 4.54. The topological polar surface area (TPSA) is 138 Å². The van der Waals surface area contributed by atoms with Crippen molar-refractivity contribution in [3.8, 4) is 0 Å². The molecule has 1 aromatic heterocycles. The van der Waals surface area contributed by atoms with Crippen molar-refractivity contribution in [2.45, 2.75) is 18.9 Å². The van der Waals surface area contributed by atoms with Crippen molar-refractivity contribution < 1.29 is 19.5 Å². The number of nitrogens with zero attached hydrogens (tertiary/aromatic N) is 1. The van der Waals surface area contributed by atoms with Crippen LogP contribution in [0.25, 0.3) is 10.9 Å². The molecule has 2 rings (SSSR count). The fourth-order valence-electron chi connectivity index (χ4n) is 1.87. The van der Waals surface area contributed by atoms with Gasteiger partial charge in [0.2, 0.25) is 5.91 Å². The Hall–Kier alpha value is -2.90. The van der Waals surface area contributed by atoms with Crippen LogP contribution in [0.15, 0.2) is 24.4 Å². The number of nitrogens with one attached hydrogen (secondary N) is 2. The van der Waals surface area contributed by atoms with E-state index in [-0.39, 0.29) is 12.8 Å². The Kier molecular flexibility index (Phi) is 4.17. The van der Waals surface area contributed by atoms with Crippen LogP contribution in [0.1, 0.15) is 23.2 Å². The Balaban J connectivity index is 2.10. The van der Waals surface area contributed by atoms with Gasteiger partial charge in [-0.2, -0.15) is 5.10 Å². The van der Waals surface area contributed by atoms with Crippen LogP contribution in [0.2, 0.25) is 0 Å². The number of carboxylic acid groups (broad SMARTS) is 1. The van der Waals surface area contributed by atoms with Gasteiger partial charge in [-0.25, -0.2) is 4.79 Å². The van der Waals surface area contributed by atoms with Crippen LogP contribution in [-0.4, -0.2) is 39.1 Å². The molecule has 0 unspecified atom stereocenters. The van der Waals surface area contributed by atoms with Crippen molar-refractivity contribution in [3.05, 3.63) is 30.0 Å². The van der Waals surface area contributed by atoms with Crippen molar-refractivity contribution in [2.75, 3.05) is 0 Å². The van der Waals surface area contributed by atoms with Gasteiger partial charge in [0.05, 0.1) is 11.7 Å². The molecule has 0 saturated carbocycles. The summed E-state index contributed by atoms with van der Waals surface area (Å²) in [4.78, 5) is 33.8. The molecule has 21 heavy (non-hydrogen) atoms. The van der Waals surface area contributed by atoms with Gasteiger partial charge in [-0.1, -0.05) is 0 Å². The molecule has 5 N–H and O–H groups in total. The lowest BCUT2D eigenvalue weighted by molar-refractivity contribution is -0.139. The van der Waals surface area contributed by atoms with E-state index in [0.29, 0.717) is 5.56 Å². The van der Waals surface area contributed by atoms with Crippen LogP contribution in [0.5, 0.6) is 0 Å². The summed E-state index contributed by atoms with van der Waals surface area (Å²) in [6.07, 6.45) is 1.40. The lowest BCUT2D eigenvalue weighted by Crippen LogP contribution is -2.41. The van der Waals surface area contributed by atoms with E-state index in [1.54, 1.807) is 24.4 Å². The number of nitrogens with two attached hydrogens (primary N) is 1. The summed E-state index contributed by atoms with van der Waals surface area (Å²) in [7, 11) is 0. The number of aromatic nitrogens is 2. The van der Waals surface area contributed by atoms with E-state index in [0.717, 1.165) is 10.9 Å². The maximum atomic E-state index is 12.0. The van der Waals surface area contributed by atoms with Crippen molar-refractivity contribution in [2.24, 2.45) is 5.73 Å². The third-order valence-corrected chi connectivity index (χ3v) is 2.99. The minimum Gasteiger partial charge on any atom is -0.480 e. The highest BCUT2D eigenvalue weighted by Gasteiger charge is 2.21. The molecule has 0 aliphatic heterocycles. The Morgan fingerprint density at radius 2 is 2.14 bits per heavy atom. The van der Waals surface area contributed by atoms with Crippen LogP contribution >= 0.6 is 0 Å². The maximum Gasteiger partial charge on any atom is 0.326 e. The molecule has 1 aromatic carbocycles. The minimum absolute atomic E-state index is 0.0512. The molecule has 0 radical (unpaired) electrons. The molecule has 110 valence electrons. The van der Waals surface area contributed by atoms with E-state index in [1.807, 2.05) is 0 Å². The van der Waals surface area contributed by atoms with Crippen molar-refractivity contribution in [1.82, 2.24) is 15.5 Å². The Morgan fingerprint density at radius 3 is 2.81 bits per heavy atom. The van der Waals surface area contributed by atoms with E-state index in [1.165, 1.54) is 0 Å². The van der Waals surface area contributed by atoms with E-state index < -0.39 is 23.8 Å². The number of benzene rings is 1. The molecule has 1 atom stereocenters. The van der Waals surface area contributed by atoms with Crippen LogP contribution in [0.4, 0.5) is 0 Å². The molecule has 8 heteroatoms. The summed E-state index contributed by atoms with van der Waals surface area (Å²) in [5.41, 5.74) is 6.07. The molecule has 0 aliphatic rings. The highest BCUT2D eigenvalue weighted by atomic mass is 16.4. The number of primary amides is 1. The van der Waals surface area contributed by atoms with E-state index in [4.69, 9.17) is 10.8 Å². The van der Waals surface area contributed by atoms with Gasteiger partial charge in [-0.3, -0.25) is 14.7 Å². The highest BCUT2D eigenvalue weighted by Crippen LogP contribution is 2.13. The zero-order valence-electron chi connectivity index (χ0n) is 11.0. The summed E-state index contributed by atoms with van der Waals surface area (Å²) < 4.78 is 0. The molecule has 0 spiro atoms. The third-order valence-electron chi connectivity index (χ3n) is 2.99. The summed E-state index contributed by atoms with van der Waals surface area (Å²) in [5.74, 6) is -2.36. The molecule has 0 bridgehead atoms. The molecular weight excluding hydrogens is 276 g/mol. The smallest absolute Gasteiger partial charge is 0.326 e. The fourth-order valence-corrected chi connectivity index (χ4v) is 1.87. The fraction of sp³-hybridized carbons (Fsp3) is 0.231. The zero-order valence-corrected chi connectivity index (χ0v) is 11.0. The van der Waals surface area contributed by atoms with Gasteiger partial charge in [-0.05, 0) is 24.6 Å². The van der Waals surface area contributed by atoms with Gasteiger partial charge in [0.25, 0.3) is 5.91 Å². The van der Waals surface area contributed by atoms with Crippen molar-refractivity contribution >= 4 is 28.7 Å². The molecule has 8 nitrogen and oxygen atoms in total. The average molecular weight is 290 g/mol. The lowest BCUT2D eigenvalue weighted by Gasteiger charge is -2.13. The number of hydrogen-bond donors (Lipinski definition) is 4. The number of amides is 2. The number of aliphatic carboxylic acids is 1. The van der Waals surface area contributed by atoms with Crippen LogP contribution in [0, 0.1) is 0 Å². The number of aromatic amines is 1. The molecule has 2 aromatic rings. The second-order valence-electron chi connectivity index (χ2n) is 4.54. The van der Waals surface area contributed by atoms with Crippen LogP contribution in [0.3, 0.4) is 0 Å². The molecule has 0 fully saturated rings. The number of carbonyl (C=O) groups is 3. The third kappa shape index (κ3) is 3.56. The number of rotatable bonds is 6. The molecule has 2 amide bonds. The normalized spacial score (nSPS) is 12.0. The summed E-state index contributed by atoms with van der Waals surface area (Å²) >= 11 is 0. The van der Waals surface area contributed by atoms with Crippen LogP contribution < -0.4 is 11.1 Å². The monoisotopic (exact) mass is 290 g/mol. The van der Waals surface area contributed by atoms with Crippen molar-refractivity contribution in [1.29, 1.82) is 0 Å². The molecular formula is C13H14N4O4. The molecule has 1 heterocycles. The summed E-state index contributed by atoms with van der Waals surface area (Å²) in [6.45, 7) is 0. The Labute approximate surface area is 119 Å². The number of carbonyl (C=O) groups excluding carboxylic acids is 2. The van der Waals surface area contributed by atoms with E-state index in [9.17, 15) is 14.4 Å². The van der Waals surface area contributed by atoms with Gasteiger partial charge in [0, 0.05) is 17.4 Å². The summed E-state index contributed by atoms with van der Waals surface area (Å²) in [5, 5.41) is 18.7. The number of fused-ring (bicyclic) bond motifs is 1. The first-order valence-electron chi connectivity index (χ1n) is 6.22. The number of hydrogen-bond acceptors (Lipinski definition) is 4. The minimum atomic E-state index is -1.21. The maximum absolute atomic E-state index is 12.0. The lowest BCUT2D eigenvalue weighted by atomic mass is 10.1. The van der Waals surface area contributed by atoms with Gasteiger partial charge in [-0.15, -0.1) is 0 Å². The molecule has 0 aliphatic carbocycles. The van der Waals surface area contributed by atoms with Gasteiger partial charge in [0.15, 0.2) is 0 Å². The first-order chi connectivity index (χ1) is 9.97. The Morgan fingerprint density at radius 1 is 1.38 bits per heavy atom. The van der Waals surface area contributed by atoms with Gasteiger partial charge in [0.1, 0.15) is 6.04 Å². The first kappa shape index (κ1) is 14.5. The van der Waals surface area contributed by atoms with Crippen molar-refractivity contribution in [3.63, 3.8) is 0 Å². The summed E-state index contributed by atoms with van der Waals surface area (Å²) in [6, 6.07) is 3.67. The standard InChI is InChI=1S/C13H14N4O4/c14-11(18)4-3-10(13(20)21)16-12(19)7-1-2-9-8(5-7)6-15-17-9/h1-2,5-6,10H,3-4H2,(H2,14,18)(H,15,17)(H,16,19)(H,20,21)/t10-/m1/s1. The number of carboxylic acids is 1. The number of H-pyrrole nitrogens is 1. The zero-order chi connectivity index (χ0) is 15.4. The van der Waals surface area contributed by atoms with E-state index >= 15 is 0 Å². The average Bonchev–Trinajstić information content (AvgIpc) is 2.89. The van der Waals surface area contributed by atoms with E-state index in [2.05, 4.69) is 15.5 Å². The molecule has 0 saturated heterocycles. The first-order valence-corrected chi connectivity index (χ1v) is 6.22. The predicted octanol–water partition coefficient (Wildman–Crippen LogP) is 0.0114. The highest BCUT2D eigenvalue weighted by molar-refractivity contribution is 5.99. The van der Waals surface area contributed by atoms with Gasteiger partial charge < -0.3 is 16.2 Å². The van der Waals surface area contributed by atoms with Crippen LogP contribution in [-0.2, 0) is 9.59 Å². The van der Waals surface area contributed by atoms with Gasteiger partial charge >= 0.3 is 5.97 Å². The SMILES string of the molecule is NC(=O)CC[C@@H](NC(=O)c1ccc2[nH]ncc2c1)C(=O)O. The second kappa shape index (κ2) is 6.04. The predicted molar refractivity (Wildman–Crippen MR) is 73.4 cm³/mol. The quantitative estimate of drug-likeness (QED) is 0.593. The largest absolute Gasteiger partial charge is 0.480 e. The Bertz CT molecular complexity index is 694.